The fraction of sp³-hybridized carbons (Fsp3) is 0.600. The fourth-order valence-electron chi connectivity index (χ4n) is 1.14. The summed E-state index contributed by atoms with van der Waals surface area (Å²) in [5.41, 5.74) is 0. The third-order valence-corrected chi connectivity index (χ3v) is 2.06. The van der Waals surface area contributed by atoms with Gasteiger partial charge in [-0.15, -0.1) is 0 Å². The molecule has 0 aromatic heterocycles. The largest absolute Gasteiger partial charge is 0.478 e. The lowest BCUT2D eigenvalue weighted by Gasteiger charge is -2.01. The average molecular weight is 197 g/mol. The zero-order chi connectivity index (χ0) is 10.4. The first-order chi connectivity index (χ1) is 6.68. The Kier molecular flexibility index (Phi) is 4.16. The molecule has 1 fully saturated rings. The van der Waals surface area contributed by atoms with Gasteiger partial charge in [-0.3, -0.25) is 4.79 Å². The minimum atomic E-state index is -0.950. The number of aliphatic carboxylic acids is 1. The van der Waals surface area contributed by atoms with E-state index in [0.717, 1.165) is 6.08 Å². The van der Waals surface area contributed by atoms with Gasteiger partial charge in [0.05, 0.1) is 0 Å². The van der Waals surface area contributed by atoms with Crippen LogP contribution in [0.4, 0.5) is 0 Å². The van der Waals surface area contributed by atoms with Crippen LogP contribution in [0.5, 0.6) is 0 Å². The fourth-order valence-corrected chi connectivity index (χ4v) is 1.14. The Labute approximate surface area is 83.0 Å². The van der Waals surface area contributed by atoms with Crippen molar-refractivity contribution in [2.24, 2.45) is 5.92 Å². The van der Waals surface area contributed by atoms with Gasteiger partial charge in [-0.05, 0) is 25.2 Å². The minimum absolute atomic E-state index is 0.0798. The van der Waals surface area contributed by atoms with E-state index in [9.17, 15) is 9.59 Å². The molecule has 1 saturated carbocycles. The van der Waals surface area contributed by atoms with Crippen LogP contribution in [0.15, 0.2) is 12.2 Å². The molecule has 0 bridgehead atoms. The van der Waals surface area contributed by atoms with Crippen molar-refractivity contribution in [3.63, 3.8) is 0 Å². The number of hydrogen-bond donors (Lipinski definition) is 2. The molecule has 4 nitrogen and oxygen atoms in total. The van der Waals surface area contributed by atoms with Crippen LogP contribution in [0.2, 0.25) is 0 Å². The molecular weight excluding hydrogens is 182 g/mol. The molecule has 1 aliphatic carbocycles. The molecular formula is C10H15NO3. The maximum absolute atomic E-state index is 11.1. The molecule has 1 aliphatic rings. The van der Waals surface area contributed by atoms with Crippen LogP contribution in [0, 0.1) is 5.92 Å². The van der Waals surface area contributed by atoms with E-state index in [-0.39, 0.29) is 5.91 Å². The summed E-state index contributed by atoms with van der Waals surface area (Å²) < 4.78 is 0. The average Bonchev–Trinajstić information content (AvgIpc) is 2.87. The molecule has 0 heterocycles. The van der Waals surface area contributed by atoms with Crippen molar-refractivity contribution >= 4 is 11.9 Å². The maximum Gasteiger partial charge on any atom is 0.327 e. The normalized spacial score (nSPS) is 15.7. The highest BCUT2D eigenvalue weighted by Gasteiger charge is 2.23. The maximum atomic E-state index is 11.1. The second-order valence-corrected chi connectivity index (χ2v) is 3.53. The third kappa shape index (κ3) is 5.35. The van der Waals surface area contributed by atoms with Crippen LogP contribution in [0.3, 0.4) is 0 Å². The van der Waals surface area contributed by atoms with Gasteiger partial charge in [0.15, 0.2) is 0 Å². The number of carbonyl (C=O) groups excluding carboxylic acids is 1. The third-order valence-electron chi connectivity index (χ3n) is 2.06. The van der Waals surface area contributed by atoms with Crippen LogP contribution in [-0.4, -0.2) is 23.5 Å². The number of amides is 1. The topological polar surface area (TPSA) is 66.4 Å². The van der Waals surface area contributed by atoms with E-state index < -0.39 is 5.97 Å². The van der Waals surface area contributed by atoms with E-state index in [1.165, 1.54) is 12.8 Å². The highest BCUT2D eigenvalue weighted by Crippen LogP contribution is 2.31. The summed E-state index contributed by atoms with van der Waals surface area (Å²) in [5.74, 6) is -0.268. The van der Waals surface area contributed by atoms with E-state index in [0.29, 0.717) is 25.3 Å². The monoisotopic (exact) mass is 197 g/mol. The molecule has 1 amide bonds. The SMILES string of the molecule is O=C(O)/C=C\CCNC(=O)CC1CC1. The molecule has 0 aromatic rings. The Morgan fingerprint density at radius 3 is 2.71 bits per heavy atom. The number of carboxylic acids is 1. The predicted molar refractivity (Wildman–Crippen MR) is 51.7 cm³/mol. The summed E-state index contributed by atoms with van der Waals surface area (Å²) in [6.07, 6.45) is 6.18. The Balaban J connectivity index is 1.96. The van der Waals surface area contributed by atoms with Crippen molar-refractivity contribution in [2.75, 3.05) is 6.54 Å². The molecule has 0 saturated heterocycles. The molecule has 1 rings (SSSR count). The highest BCUT2D eigenvalue weighted by atomic mass is 16.4. The number of carboxylic acid groups (broad SMARTS) is 1. The van der Waals surface area contributed by atoms with Crippen molar-refractivity contribution < 1.29 is 14.7 Å². The molecule has 0 spiro atoms. The van der Waals surface area contributed by atoms with Gasteiger partial charge in [0.2, 0.25) is 5.91 Å². The van der Waals surface area contributed by atoms with E-state index in [4.69, 9.17) is 5.11 Å². The summed E-state index contributed by atoms with van der Waals surface area (Å²) in [6.45, 7) is 0.523. The molecule has 0 radical (unpaired) electrons. The smallest absolute Gasteiger partial charge is 0.327 e. The summed E-state index contributed by atoms with van der Waals surface area (Å²) in [4.78, 5) is 21.2. The van der Waals surface area contributed by atoms with E-state index in [2.05, 4.69) is 5.32 Å². The molecule has 0 aliphatic heterocycles. The zero-order valence-corrected chi connectivity index (χ0v) is 8.03. The zero-order valence-electron chi connectivity index (χ0n) is 8.03. The molecule has 0 atom stereocenters. The number of nitrogens with one attached hydrogen (secondary N) is 1. The molecule has 0 aromatic carbocycles. The standard InChI is InChI=1S/C10H15NO3/c12-9(7-8-4-5-8)11-6-2-1-3-10(13)14/h1,3,8H,2,4-7H2,(H,11,12)(H,13,14)/b3-1-. The van der Waals surface area contributed by atoms with Crippen molar-refractivity contribution in [3.8, 4) is 0 Å². The lowest BCUT2D eigenvalue weighted by atomic mass is 10.3. The van der Waals surface area contributed by atoms with Crippen molar-refractivity contribution in [3.05, 3.63) is 12.2 Å². The molecule has 0 unspecified atom stereocenters. The predicted octanol–water partition coefficient (Wildman–Crippen LogP) is 0.934. The summed E-state index contributed by atoms with van der Waals surface area (Å²) in [5, 5.41) is 11.0. The van der Waals surface area contributed by atoms with Gasteiger partial charge in [-0.2, -0.15) is 0 Å². The lowest BCUT2D eigenvalue weighted by Crippen LogP contribution is -2.24. The molecule has 14 heavy (non-hydrogen) atoms. The van der Waals surface area contributed by atoms with Gasteiger partial charge >= 0.3 is 5.97 Å². The minimum Gasteiger partial charge on any atom is -0.478 e. The summed E-state index contributed by atoms with van der Waals surface area (Å²) >= 11 is 0. The van der Waals surface area contributed by atoms with Crippen LogP contribution in [-0.2, 0) is 9.59 Å². The summed E-state index contributed by atoms with van der Waals surface area (Å²) in [7, 11) is 0. The first-order valence-electron chi connectivity index (χ1n) is 4.84. The Bertz CT molecular complexity index is 244. The quantitative estimate of drug-likeness (QED) is 0.492. The highest BCUT2D eigenvalue weighted by molar-refractivity contribution is 5.79. The number of rotatable bonds is 6. The van der Waals surface area contributed by atoms with Crippen LogP contribution >= 0.6 is 0 Å². The van der Waals surface area contributed by atoms with Gasteiger partial charge in [0.1, 0.15) is 0 Å². The Hall–Kier alpha value is -1.32. The number of hydrogen-bond acceptors (Lipinski definition) is 2. The molecule has 78 valence electrons. The second-order valence-electron chi connectivity index (χ2n) is 3.53. The first-order valence-corrected chi connectivity index (χ1v) is 4.84. The number of carbonyl (C=O) groups is 2. The van der Waals surface area contributed by atoms with Crippen LogP contribution < -0.4 is 5.32 Å². The summed E-state index contributed by atoms with van der Waals surface area (Å²) in [6, 6.07) is 0. The van der Waals surface area contributed by atoms with Gasteiger partial charge < -0.3 is 10.4 Å². The Morgan fingerprint density at radius 2 is 2.14 bits per heavy atom. The van der Waals surface area contributed by atoms with E-state index in [1.807, 2.05) is 0 Å². The van der Waals surface area contributed by atoms with Crippen LogP contribution in [0.25, 0.3) is 0 Å². The van der Waals surface area contributed by atoms with Gasteiger partial charge in [0.25, 0.3) is 0 Å². The molecule has 4 heteroatoms. The van der Waals surface area contributed by atoms with Crippen molar-refractivity contribution in [1.29, 1.82) is 0 Å². The second kappa shape index (κ2) is 5.42. The van der Waals surface area contributed by atoms with Gasteiger partial charge in [-0.1, -0.05) is 6.08 Å². The van der Waals surface area contributed by atoms with Crippen molar-refractivity contribution in [2.45, 2.75) is 25.7 Å². The van der Waals surface area contributed by atoms with E-state index in [1.54, 1.807) is 6.08 Å². The van der Waals surface area contributed by atoms with Gasteiger partial charge in [0, 0.05) is 19.0 Å². The lowest BCUT2D eigenvalue weighted by molar-refractivity contribution is -0.131. The Morgan fingerprint density at radius 1 is 1.43 bits per heavy atom. The molecule has 2 N–H and O–H groups in total. The first kappa shape index (κ1) is 10.8. The van der Waals surface area contributed by atoms with Crippen molar-refractivity contribution in [1.82, 2.24) is 5.32 Å². The van der Waals surface area contributed by atoms with Crippen LogP contribution in [0.1, 0.15) is 25.7 Å². The van der Waals surface area contributed by atoms with Gasteiger partial charge in [-0.25, -0.2) is 4.79 Å². The van der Waals surface area contributed by atoms with E-state index >= 15 is 0 Å².